The Morgan fingerprint density at radius 3 is 2.65 bits per heavy atom. The van der Waals surface area contributed by atoms with Crippen LogP contribution in [0.3, 0.4) is 0 Å². The molecule has 26 heavy (non-hydrogen) atoms. The van der Waals surface area contributed by atoms with Gasteiger partial charge in [0.1, 0.15) is 17.0 Å². The highest BCUT2D eigenvalue weighted by molar-refractivity contribution is 5.74. The van der Waals surface area contributed by atoms with E-state index in [9.17, 15) is 4.79 Å². The molecule has 2 aliphatic heterocycles. The number of ether oxygens (including phenoxy) is 2. The van der Waals surface area contributed by atoms with Crippen molar-refractivity contribution in [3.05, 3.63) is 47.3 Å². The molecule has 1 fully saturated rings. The van der Waals surface area contributed by atoms with Crippen molar-refractivity contribution < 1.29 is 14.3 Å². The van der Waals surface area contributed by atoms with Crippen molar-refractivity contribution in [2.45, 2.75) is 51.2 Å². The zero-order valence-electron chi connectivity index (χ0n) is 15.7. The van der Waals surface area contributed by atoms with E-state index in [0.717, 1.165) is 30.6 Å². The third kappa shape index (κ3) is 4.01. The van der Waals surface area contributed by atoms with Crippen molar-refractivity contribution in [1.82, 2.24) is 4.90 Å². The molecule has 1 amide bonds. The van der Waals surface area contributed by atoms with Crippen molar-refractivity contribution in [1.29, 1.82) is 0 Å². The lowest BCUT2D eigenvalue weighted by molar-refractivity contribution is -0.00123. The van der Waals surface area contributed by atoms with Crippen LogP contribution in [0.1, 0.15) is 45.6 Å². The average Bonchev–Trinajstić information content (AvgIpc) is 2.58. The smallest absolute Gasteiger partial charge is 0.410 e. The van der Waals surface area contributed by atoms with Crippen LogP contribution in [0, 0.1) is 6.57 Å². The molecule has 0 aliphatic carbocycles. The lowest BCUT2D eigenvalue weighted by atomic mass is 9.84. The van der Waals surface area contributed by atoms with E-state index in [1.807, 2.05) is 45.0 Å². The van der Waals surface area contributed by atoms with E-state index < -0.39 is 11.2 Å². The van der Waals surface area contributed by atoms with Gasteiger partial charge in [-0.25, -0.2) is 11.4 Å². The van der Waals surface area contributed by atoms with E-state index in [1.165, 1.54) is 5.57 Å². The number of amides is 1. The largest absolute Gasteiger partial charge is 0.482 e. The maximum absolute atomic E-state index is 12.3. The molecule has 0 aromatic heterocycles. The molecule has 5 heteroatoms. The first-order valence-corrected chi connectivity index (χ1v) is 9.13. The van der Waals surface area contributed by atoms with Crippen molar-refractivity contribution >= 4 is 11.7 Å². The second kappa shape index (κ2) is 7.03. The number of para-hydroxylation sites is 1. The van der Waals surface area contributed by atoms with Crippen molar-refractivity contribution in [3.8, 4) is 5.75 Å². The Kier molecular flexibility index (Phi) is 4.95. The minimum absolute atomic E-state index is 0.263. The van der Waals surface area contributed by atoms with Gasteiger partial charge in [-0.15, -0.1) is 0 Å². The summed E-state index contributed by atoms with van der Waals surface area (Å²) in [5.74, 6) is 0.876. The molecule has 1 aromatic carbocycles. The first kappa shape index (κ1) is 18.3. The van der Waals surface area contributed by atoms with Gasteiger partial charge < -0.3 is 19.2 Å². The second-order valence-electron chi connectivity index (χ2n) is 7.93. The van der Waals surface area contributed by atoms with Crippen molar-refractivity contribution in [2.24, 2.45) is 0 Å². The third-order valence-electron chi connectivity index (χ3n) is 4.74. The fourth-order valence-corrected chi connectivity index (χ4v) is 3.49. The maximum Gasteiger partial charge on any atom is 0.410 e. The summed E-state index contributed by atoms with van der Waals surface area (Å²) in [6, 6.07) is 8.01. The number of hydrogen-bond acceptors (Lipinski definition) is 3. The summed E-state index contributed by atoms with van der Waals surface area (Å²) in [6.45, 7) is 14.4. The third-order valence-corrected chi connectivity index (χ3v) is 4.74. The summed E-state index contributed by atoms with van der Waals surface area (Å²) >= 11 is 0. The number of carbonyl (C=O) groups excluding carboxylic acids is 1. The highest BCUT2D eigenvalue weighted by Gasteiger charge is 2.40. The predicted molar refractivity (Wildman–Crippen MR) is 101 cm³/mol. The highest BCUT2D eigenvalue weighted by Crippen LogP contribution is 2.42. The van der Waals surface area contributed by atoms with Crippen LogP contribution >= 0.6 is 0 Å². The van der Waals surface area contributed by atoms with Crippen LogP contribution in [-0.4, -0.2) is 41.8 Å². The first-order valence-electron chi connectivity index (χ1n) is 9.13. The highest BCUT2D eigenvalue weighted by atomic mass is 16.6. The van der Waals surface area contributed by atoms with E-state index in [1.54, 1.807) is 4.90 Å². The zero-order chi connectivity index (χ0) is 18.8. The zero-order valence-corrected chi connectivity index (χ0v) is 15.7. The van der Waals surface area contributed by atoms with Gasteiger partial charge in [0, 0.05) is 37.9 Å². The molecule has 3 rings (SSSR count). The Morgan fingerprint density at radius 2 is 2.00 bits per heavy atom. The molecule has 0 N–H and O–H groups in total. The topological polar surface area (TPSA) is 43.1 Å². The molecule has 2 heterocycles. The summed E-state index contributed by atoms with van der Waals surface area (Å²) < 4.78 is 11.8. The van der Waals surface area contributed by atoms with Crippen LogP contribution in [0.15, 0.2) is 30.3 Å². The lowest BCUT2D eigenvalue weighted by Crippen LogP contribution is -2.50. The number of fused-ring (bicyclic) bond motifs is 1. The average molecular weight is 354 g/mol. The molecule has 0 bridgehead atoms. The summed E-state index contributed by atoms with van der Waals surface area (Å²) in [4.78, 5) is 17.6. The van der Waals surface area contributed by atoms with Gasteiger partial charge in [0.2, 0.25) is 6.54 Å². The van der Waals surface area contributed by atoms with E-state index in [0.29, 0.717) is 19.6 Å². The van der Waals surface area contributed by atoms with E-state index in [4.69, 9.17) is 16.0 Å². The van der Waals surface area contributed by atoms with Gasteiger partial charge in [0.05, 0.1) is 0 Å². The Hall–Kier alpha value is -2.48. The van der Waals surface area contributed by atoms with Gasteiger partial charge in [0.15, 0.2) is 0 Å². The molecule has 1 aromatic rings. The number of likely N-dealkylation sites (tertiary alicyclic amines) is 1. The van der Waals surface area contributed by atoms with Gasteiger partial charge in [-0.2, -0.15) is 0 Å². The maximum atomic E-state index is 12.3. The normalized spacial score (nSPS) is 18.4. The second-order valence-corrected chi connectivity index (χ2v) is 7.93. The number of nitrogens with zero attached hydrogens (tertiary/aromatic N) is 2. The summed E-state index contributed by atoms with van der Waals surface area (Å²) in [5, 5.41) is 0. The van der Waals surface area contributed by atoms with E-state index in [2.05, 4.69) is 10.9 Å². The van der Waals surface area contributed by atoms with Crippen LogP contribution in [0.2, 0.25) is 0 Å². The number of piperidine rings is 1. The number of rotatable bonds is 2. The molecule has 1 spiro atoms. The van der Waals surface area contributed by atoms with Crippen LogP contribution < -0.4 is 4.74 Å². The molecule has 1 saturated heterocycles. The van der Waals surface area contributed by atoms with Crippen LogP contribution in [0.25, 0.3) is 10.4 Å². The van der Waals surface area contributed by atoms with E-state index >= 15 is 0 Å². The van der Waals surface area contributed by atoms with Gasteiger partial charge in [0.25, 0.3) is 0 Å². The summed E-state index contributed by atoms with van der Waals surface area (Å²) in [5.41, 5.74) is 1.37. The molecular weight excluding hydrogens is 328 g/mol. The number of benzene rings is 1. The quantitative estimate of drug-likeness (QED) is 0.732. The fourth-order valence-electron chi connectivity index (χ4n) is 3.49. The van der Waals surface area contributed by atoms with Crippen molar-refractivity contribution in [2.75, 3.05) is 19.6 Å². The standard InChI is InChI=1S/C21H26N2O3/c1-20(2,3)26-19(24)23-13-10-21(11-14-23)15-16(9-12-22-4)17-7-5-6-8-18(17)25-21/h5-8,15H,9-14H2,1-3H3. The Morgan fingerprint density at radius 1 is 1.31 bits per heavy atom. The predicted octanol–water partition coefficient (Wildman–Crippen LogP) is 4.54. The fraction of sp³-hybridized carbons (Fsp3) is 0.524. The molecule has 0 unspecified atom stereocenters. The van der Waals surface area contributed by atoms with Crippen molar-refractivity contribution in [3.63, 3.8) is 0 Å². The Balaban J connectivity index is 1.76. The van der Waals surface area contributed by atoms with E-state index in [-0.39, 0.29) is 6.09 Å². The SMILES string of the molecule is [C-]#[N+]CCC1=CC2(CCN(C(=O)OC(C)(C)C)CC2)Oc2ccccc21. The van der Waals surface area contributed by atoms with Gasteiger partial charge in [-0.1, -0.05) is 18.2 Å². The monoisotopic (exact) mass is 354 g/mol. The molecule has 0 atom stereocenters. The summed E-state index contributed by atoms with van der Waals surface area (Å²) in [7, 11) is 0. The lowest BCUT2D eigenvalue weighted by Gasteiger charge is -2.43. The molecule has 0 radical (unpaired) electrons. The van der Waals surface area contributed by atoms with Crippen LogP contribution in [-0.2, 0) is 4.74 Å². The Labute approximate surface area is 155 Å². The van der Waals surface area contributed by atoms with Gasteiger partial charge >= 0.3 is 6.09 Å². The van der Waals surface area contributed by atoms with Gasteiger partial charge in [-0.3, -0.25) is 0 Å². The molecule has 5 nitrogen and oxygen atoms in total. The number of carbonyl (C=O) groups is 1. The van der Waals surface area contributed by atoms with Crippen LogP contribution in [0.5, 0.6) is 5.75 Å². The summed E-state index contributed by atoms with van der Waals surface area (Å²) in [6.07, 6.45) is 4.10. The number of hydrogen-bond donors (Lipinski definition) is 0. The Bertz CT molecular complexity index is 747. The molecule has 0 saturated carbocycles. The molecule has 2 aliphatic rings. The molecular formula is C21H26N2O3. The van der Waals surface area contributed by atoms with Gasteiger partial charge in [-0.05, 0) is 38.5 Å². The minimum atomic E-state index is -0.487. The molecule has 138 valence electrons. The minimum Gasteiger partial charge on any atom is -0.482 e. The first-order chi connectivity index (χ1) is 12.3. The van der Waals surface area contributed by atoms with Crippen LogP contribution in [0.4, 0.5) is 4.79 Å².